The van der Waals surface area contributed by atoms with Gasteiger partial charge >= 0.3 is 0 Å². The van der Waals surface area contributed by atoms with Crippen LogP contribution in [0, 0.1) is 13.8 Å². The van der Waals surface area contributed by atoms with Crippen molar-refractivity contribution in [3.8, 4) is 0 Å². The van der Waals surface area contributed by atoms with Crippen LogP contribution in [-0.4, -0.2) is 22.5 Å². The molecule has 0 saturated heterocycles. The van der Waals surface area contributed by atoms with Crippen molar-refractivity contribution in [2.75, 3.05) is 12.3 Å². The minimum Gasteiger partial charge on any atom is -0.311 e. The van der Waals surface area contributed by atoms with Crippen molar-refractivity contribution in [3.05, 3.63) is 26.9 Å². The molecule has 17 heavy (non-hydrogen) atoms. The molecule has 0 radical (unpaired) electrons. The summed E-state index contributed by atoms with van der Waals surface area (Å²) in [7, 11) is 0. The number of nitrogens with one attached hydrogen (secondary N) is 1. The van der Waals surface area contributed by atoms with E-state index >= 15 is 0 Å². The molecule has 1 N–H and O–H groups in total. The van der Waals surface area contributed by atoms with Crippen LogP contribution >= 0.6 is 34.4 Å². The van der Waals surface area contributed by atoms with Crippen LogP contribution in [0.25, 0.3) is 0 Å². The highest BCUT2D eigenvalue weighted by Gasteiger charge is 2.01. The second-order valence-corrected chi connectivity index (χ2v) is 7.16. The first-order valence-electron chi connectivity index (χ1n) is 5.42. The minimum atomic E-state index is 0.971. The fourth-order valence-electron chi connectivity index (χ4n) is 1.33. The van der Waals surface area contributed by atoms with Gasteiger partial charge < -0.3 is 5.32 Å². The first-order valence-corrected chi connectivity index (χ1v) is 8.10. The highest BCUT2D eigenvalue weighted by molar-refractivity contribution is 8.01. The van der Waals surface area contributed by atoms with Gasteiger partial charge in [-0.15, -0.1) is 21.5 Å². The Morgan fingerprint density at radius 3 is 2.88 bits per heavy atom. The zero-order chi connectivity index (χ0) is 12.1. The molecule has 0 fully saturated rings. The predicted octanol–water partition coefficient (Wildman–Crippen LogP) is 3.10. The zero-order valence-electron chi connectivity index (χ0n) is 9.90. The molecule has 0 spiro atoms. The molecule has 6 heteroatoms. The molecular formula is C11H15N3S3. The predicted molar refractivity (Wildman–Crippen MR) is 76.1 cm³/mol. The number of nitrogens with zero attached hydrogens (tertiary/aromatic N) is 2. The van der Waals surface area contributed by atoms with Crippen LogP contribution < -0.4 is 5.32 Å². The molecule has 92 valence electrons. The maximum Gasteiger partial charge on any atom is 0.174 e. The maximum absolute atomic E-state index is 4.08. The lowest BCUT2D eigenvalue weighted by molar-refractivity contribution is 0.738. The minimum absolute atomic E-state index is 0.971. The van der Waals surface area contributed by atoms with Crippen molar-refractivity contribution in [2.24, 2.45) is 0 Å². The fourth-order valence-corrected chi connectivity index (χ4v) is 3.99. The molecule has 0 unspecified atom stereocenters. The van der Waals surface area contributed by atoms with Crippen molar-refractivity contribution in [2.45, 2.75) is 24.7 Å². The molecule has 2 aromatic rings. The number of rotatable bonds is 6. The second kappa shape index (κ2) is 6.49. The van der Waals surface area contributed by atoms with Gasteiger partial charge in [0.2, 0.25) is 0 Å². The molecule has 0 aromatic carbocycles. The average molecular weight is 285 g/mol. The van der Waals surface area contributed by atoms with Crippen LogP contribution in [0.1, 0.15) is 15.4 Å². The highest BCUT2D eigenvalue weighted by atomic mass is 32.2. The van der Waals surface area contributed by atoms with Gasteiger partial charge in [-0.1, -0.05) is 23.1 Å². The fraction of sp³-hybridized carbons (Fsp3) is 0.455. The molecule has 0 aliphatic carbocycles. The van der Waals surface area contributed by atoms with Crippen molar-refractivity contribution >= 4 is 34.4 Å². The summed E-state index contributed by atoms with van der Waals surface area (Å²) in [6, 6.07) is 2.17. The van der Waals surface area contributed by atoms with Crippen LogP contribution in [0.5, 0.6) is 0 Å². The third kappa shape index (κ3) is 4.06. The number of aryl methyl sites for hydroxylation is 2. The highest BCUT2D eigenvalue weighted by Crippen LogP contribution is 2.21. The number of hydrogen-bond donors (Lipinski definition) is 1. The Morgan fingerprint density at radius 1 is 1.35 bits per heavy atom. The summed E-state index contributed by atoms with van der Waals surface area (Å²) in [5.41, 5.74) is 1.38. The Hall–Kier alpha value is -0.430. The monoisotopic (exact) mass is 285 g/mol. The normalized spacial score (nSPS) is 10.9. The van der Waals surface area contributed by atoms with E-state index in [9.17, 15) is 0 Å². The van der Waals surface area contributed by atoms with Gasteiger partial charge in [-0.25, -0.2) is 0 Å². The molecule has 3 nitrogen and oxygen atoms in total. The van der Waals surface area contributed by atoms with Crippen molar-refractivity contribution in [1.29, 1.82) is 0 Å². The van der Waals surface area contributed by atoms with Crippen LogP contribution in [0.15, 0.2) is 15.8 Å². The smallest absolute Gasteiger partial charge is 0.174 e. The summed E-state index contributed by atoms with van der Waals surface area (Å²) in [4.78, 5) is 1.43. The summed E-state index contributed by atoms with van der Waals surface area (Å²) in [5.74, 6) is 1.04. The van der Waals surface area contributed by atoms with E-state index in [0.29, 0.717) is 0 Å². The lowest BCUT2D eigenvalue weighted by Crippen LogP contribution is -2.16. The number of thiophene rings is 1. The van der Waals surface area contributed by atoms with Gasteiger partial charge in [-0.2, -0.15) is 0 Å². The maximum atomic E-state index is 4.08. The third-order valence-corrected chi connectivity index (χ3v) is 5.26. The Morgan fingerprint density at radius 2 is 2.24 bits per heavy atom. The van der Waals surface area contributed by atoms with Gasteiger partial charge in [-0.3, -0.25) is 0 Å². The van der Waals surface area contributed by atoms with E-state index in [1.807, 2.05) is 18.3 Å². The third-order valence-electron chi connectivity index (χ3n) is 2.27. The van der Waals surface area contributed by atoms with Crippen molar-refractivity contribution < 1.29 is 0 Å². The molecule has 2 rings (SSSR count). The topological polar surface area (TPSA) is 37.8 Å². The molecule has 0 aliphatic rings. The summed E-state index contributed by atoms with van der Waals surface area (Å²) >= 11 is 5.25. The summed E-state index contributed by atoms with van der Waals surface area (Å²) in [6.07, 6.45) is 0. The number of thioether (sulfide) groups is 1. The van der Waals surface area contributed by atoms with Gasteiger partial charge in [0.05, 0.1) is 0 Å². The quantitative estimate of drug-likeness (QED) is 0.654. The summed E-state index contributed by atoms with van der Waals surface area (Å²) in [6.45, 7) is 6.12. The second-order valence-electron chi connectivity index (χ2n) is 3.64. The van der Waals surface area contributed by atoms with E-state index in [2.05, 4.69) is 33.9 Å². The standard InChI is InChI=1S/C11H15N3S3/c1-8-3-5-15-10(8)7-12-4-6-16-11-14-13-9(2)17-11/h3,5,12H,4,6-7H2,1-2H3. The lowest BCUT2D eigenvalue weighted by Gasteiger charge is -2.02. The molecule has 0 aliphatic heterocycles. The van der Waals surface area contributed by atoms with Gasteiger partial charge in [0.1, 0.15) is 5.01 Å². The first-order chi connectivity index (χ1) is 8.25. The molecule has 2 heterocycles. The molecule has 0 atom stereocenters. The lowest BCUT2D eigenvalue weighted by atomic mass is 10.3. The van der Waals surface area contributed by atoms with Crippen molar-refractivity contribution in [3.63, 3.8) is 0 Å². The Labute approximate surface area is 114 Å². The van der Waals surface area contributed by atoms with E-state index in [0.717, 1.165) is 28.2 Å². The molecule has 0 bridgehead atoms. The van der Waals surface area contributed by atoms with Crippen LogP contribution in [0.2, 0.25) is 0 Å². The van der Waals surface area contributed by atoms with Crippen molar-refractivity contribution in [1.82, 2.24) is 15.5 Å². The summed E-state index contributed by atoms with van der Waals surface area (Å²) in [5, 5.41) is 14.7. The van der Waals surface area contributed by atoms with Crippen LogP contribution in [-0.2, 0) is 6.54 Å². The number of aromatic nitrogens is 2. The average Bonchev–Trinajstić information content (AvgIpc) is 2.88. The van der Waals surface area contributed by atoms with Gasteiger partial charge in [-0.05, 0) is 30.9 Å². The molecule has 2 aromatic heterocycles. The Bertz CT molecular complexity index is 464. The van der Waals surface area contributed by atoms with E-state index in [-0.39, 0.29) is 0 Å². The molecule has 0 saturated carbocycles. The molecule has 0 amide bonds. The van der Waals surface area contributed by atoms with Gasteiger partial charge in [0.15, 0.2) is 4.34 Å². The summed E-state index contributed by atoms with van der Waals surface area (Å²) < 4.78 is 1.07. The van der Waals surface area contributed by atoms with Crippen LogP contribution in [0.3, 0.4) is 0 Å². The Kier molecular flexibility index (Phi) is 4.97. The molecular weight excluding hydrogens is 270 g/mol. The SMILES string of the molecule is Cc1nnc(SCCNCc2sccc2C)s1. The van der Waals surface area contributed by atoms with E-state index < -0.39 is 0 Å². The zero-order valence-corrected chi connectivity index (χ0v) is 12.3. The number of hydrogen-bond acceptors (Lipinski definition) is 6. The Balaban J connectivity index is 1.62. The van der Waals surface area contributed by atoms with E-state index in [4.69, 9.17) is 0 Å². The van der Waals surface area contributed by atoms with Gasteiger partial charge in [0, 0.05) is 23.7 Å². The van der Waals surface area contributed by atoms with Crippen LogP contribution in [0.4, 0.5) is 0 Å². The van der Waals surface area contributed by atoms with E-state index in [1.54, 1.807) is 23.1 Å². The first kappa shape index (κ1) is 13.0. The largest absolute Gasteiger partial charge is 0.311 e. The van der Waals surface area contributed by atoms with E-state index in [1.165, 1.54) is 10.4 Å². The van der Waals surface area contributed by atoms with Gasteiger partial charge in [0.25, 0.3) is 0 Å².